The summed E-state index contributed by atoms with van der Waals surface area (Å²) >= 11 is 0. The van der Waals surface area contributed by atoms with Crippen LogP contribution in [0.2, 0.25) is 0 Å². The number of carbonyl (C=O) groups excluding carboxylic acids is 1. The molecule has 0 aromatic rings. The van der Waals surface area contributed by atoms with Gasteiger partial charge in [-0.2, -0.15) is 5.26 Å². The lowest BCUT2D eigenvalue weighted by Crippen LogP contribution is -2.32. The Bertz CT molecular complexity index is 241. The molecular weight excluding hydrogens is 162 g/mol. The summed E-state index contributed by atoms with van der Waals surface area (Å²) in [6.45, 7) is 3.69. The first-order chi connectivity index (χ1) is 6.10. The third kappa shape index (κ3) is 2.09. The summed E-state index contributed by atoms with van der Waals surface area (Å²) in [5, 5.41) is 9.16. The average Bonchev–Trinajstić information content (AvgIpc) is 2.08. The van der Waals surface area contributed by atoms with Gasteiger partial charge in [-0.15, -0.1) is 0 Å². The van der Waals surface area contributed by atoms with Crippen molar-refractivity contribution in [3.8, 4) is 6.07 Å². The Hall–Kier alpha value is -0.840. The molecule has 1 aliphatic carbocycles. The highest BCUT2D eigenvalue weighted by Crippen LogP contribution is 2.43. The van der Waals surface area contributed by atoms with Crippen molar-refractivity contribution < 1.29 is 4.79 Å². The molecule has 1 saturated carbocycles. The standard InChI is InChI=1S/C11H17NO/c1-9-5-3-4-6-11(9,8-12)7-10(2)13/h9H,3-7H2,1-2H3. The zero-order valence-corrected chi connectivity index (χ0v) is 8.47. The molecule has 0 aromatic heterocycles. The van der Waals surface area contributed by atoms with Gasteiger partial charge in [0.15, 0.2) is 0 Å². The van der Waals surface area contributed by atoms with Gasteiger partial charge in [0.05, 0.1) is 11.5 Å². The summed E-state index contributed by atoms with van der Waals surface area (Å²) in [5.41, 5.74) is -0.343. The minimum atomic E-state index is -0.343. The molecule has 0 amide bonds. The molecule has 2 unspecified atom stereocenters. The molecule has 1 aliphatic rings. The van der Waals surface area contributed by atoms with Crippen molar-refractivity contribution in [1.82, 2.24) is 0 Å². The van der Waals surface area contributed by atoms with Crippen molar-refractivity contribution in [3.05, 3.63) is 0 Å². The van der Waals surface area contributed by atoms with Crippen LogP contribution in [0, 0.1) is 22.7 Å². The Labute approximate surface area is 79.9 Å². The SMILES string of the molecule is CC(=O)CC1(C#N)CCCCC1C. The van der Waals surface area contributed by atoms with E-state index in [1.165, 1.54) is 6.42 Å². The molecule has 2 nitrogen and oxygen atoms in total. The third-order valence-corrected chi connectivity index (χ3v) is 3.24. The van der Waals surface area contributed by atoms with E-state index in [0.717, 1.165) is 19.3 Å². The van der Waals surface area contributed by atoms with Gasteiger partial charge in [-0.1, -0.05) is 19.8 Å². The molecule has 13 heavy (non-hydrogen) atoms. The lowest BCUT2D eigenvalue weighted by molar-refractivity contribution is -0.119. The molecule has 0 heterocycles. The van der Waals surface area contributed by atoms with E-state index in [2.05, 4.69) is 13.0 Å². The Morgan fingerprint density at radius 1 is 1.62 bits per heavy atom. The number of ketones is 1. The predicted octanol–water partition coefficient (Wildman–Crippen LogP) is 2.69. The number of hydrogen-bond donors (Lipinski definition) is 0. The number of nitriles is 1. The molecule has 0 saturated heterocycles. The van der Waals surface area contributed by atoms with Crippen molar-refractivity contribution in [2.75, 3.05) is 0 Å². The minimum Gasteiger partial charge on any atom is -0.300 e. The second-order valence-electron chi connectivity index (χ2n) is 4.29. The van der Waals surface area contributed by atoms with Crippen molar-refractivity contribution >= 4 is 5.78 Å². The smallest absolute Gasteiger partial charge is 0.131 e. The van der Waals surface area contributed by atoms with Crippen LogP contribution in [0.3, 0.4) is 0 Å². The highest BCUT2D eigenvalue weighted by molar-refractivity contribution is 5.76. The van der Waals surface area contributed by atoms with Gasteiger partial charge in [0, 0.05) is 6.42 Å². The lowest BCUT2D eigenvalue weighted by Gasteiger charge is -2.36. The molecule has 0 bridgehead atoms. The molecular formula is C11H17NO. The van der Waals surface area contributed by atoms with Gasteiger partial charge in [0.2, 0.25) is 0 Å². The number of Topliss-reactive ketones (excluding diaryl/α,β-unsaturated/α-hetero) is 1. The largest absolute Gasteiger partial charge is 0.300 e. The molecule has 72 valence electrons. The first kappa shape index (κ1) is 10.2. The van der Waals surface area contributed by atoms with Crippen LogP contribution in [0.1, 0.15) is 46.0 Å². The summed E-state index contributed by atoms with van der Waals surface area (Å²) in [4.78, 5) is 11.1. The van der Waals surface area contributed by atoms with Gasteiger partial charge in [-0.3, -0.25) is 4.79 Å². The van der Waals surface area contributed by atoms with E-state index < -0.39 is 0 Å². The average molecular weight is 179 g/mol. The summed E-state index contributed by atoms with van der Waals surface area (Å²) in [6, 6.07) is 2.38. The summed E-state index contributed by atoms with van der Waals surface area (Å²) in [7, 11) is 0. The zero-order chi connectivity index (χ0) is 9.90. The van der Waals surface area contributed by atoms with Crippen LogP contribution < -0.4 is 0 Å². The van der Waals surface area contributed by atoms with Crippen LogP contribution in [-0.4, -0.2) is 5.78 Å². The number of rotatable bonds is 2. The fourth-order valence-corrected chi connectivity index (χ4v) is 2.33. The number of carbonyl (C=O) groups is 1. The van der Waals surface area contributed by atoms with E-state index in [1.807, 2.05) is 0 Å². The summed E-state index contributed by atoms with van der Waals surface area (Å²) in [6.07, 6.45) is 4.77. The van der Waals surface area contributed by atoms with Gasteiger partial charge in [-0.25, -0.2) is 0 Å². The lowest BCUT2D eigenvalue weighted by atomic mass is 9.65. The van der Waals surface area contributed by atoms with Crippen LogP contribution >= 0.6 is 0 Å². The minimum absolute atomic E-state index is 0.148. The predicted molar refractivity (Wildman–Crippen MR) is 51.0 cm³/mol. The van der Waals surface area contributed by atoms with Gasteiger partial charge in [0.1, 0.15) is 5.78 Å². The van der Waals surface area contributed by atoms with Gasteiger partial charge < -0.3 is 0 Å². The van der Waals surface area contributed by atoms with Crippen LogP contribution in [0.5, 0.6) is 0 Å². The molecule has 0 aliphatic heterocycles. The van der Waals surface area contributed by atoms with E-state index in [-0.39, 0.29) is 11.2 Å². The van der Waals surface area contributed by atoms with Crippen LogP contribution in [0.25, 0.3) is 0 Å². The fraction of sp³-hybridized carbons (Fsp3) is 0.818. The zero-order valence-electron chi connectivity index (χ0n) is 8.47. The molecule has 0 aromatic carbocycles. The molecule has 0 radical (unpaired) electrons. The van der Waals surface area contributed by atoms with E-state index in [1.54, 1.807) is 6.92 Å². The maximum absolute atomic E-state index is 11.1. The first-order valence-corrected chi connectivity index (χ1v) is 5.01. The summed E-state index contributed by atoms with van der Waals surface area (Å²) < 4.78 is 0. The van der Waals surface area contributed by atoms with Gasteiger partial charge >= 0.3 is 0 Å². The van der Waals surface area contributed by atoms with Crippen LogP contribution in [-0.2, 0) is 4.79 Å². The quantitative estimate of drug-likeness (QED) is 0.654. The molecule has 1 fully saturated rings. The third-order valence-electron chi connectivity index (χ3n) is 3.24. The van der Waals surface area contributed by atoms with Crippen molar-refractivity contribution in [2.24, 2.45) is 11.3 Å². The number of hydrogen-bond acceptors (Lipinski definition) is 2. The van der Waals surface area contributed by atoms with Crippen molar-refractivity contribution in [2.45, 2.75) is 46.0 Å². The van der Waals surface area contributed by atoms with Gasteiger partial charge in [-0.05, 0) is 25.7 Å². The Kier molecular flexibility index (Phi) is 3.08. The van der Waals surface area contributed by atoms with Gasteiger partial charge in [0.25, 0.3) is 0 Å². The molecule has 0 spiro atoms. The molecule has 2 heteroatoms. The topological polar surface area (TPSA) is 40.9 Å². The molecule has 1 rings (SSSR count). The van der Waals surface area contributed by atoms with E-state index in [4.69, 9.17) is 5.26 Å². The van der Waals surface area contributed by atoms with Crippen LogP contribution in [0.15, 0.2) is 0 Å². The second kappa shape index (κ2) is 3.91. The Morgan fingerprint density at radius 3 is 2.77 bits per heavy atom. The second-order valence-corrected chi connectivity index (χ2v) is 4.29. The van der Waals surface area contributed by atoms with E-state index in [9.17, 15) is 4.79 Å². The van der Waals surface area contributed by atoms with Crippen molar-refractivity contribution in [3.63, 3.8) is 0 Å². The maximum Gasteiger partial charge on any atom is 0.131 e. The van der Waals surface area contributed by atoms with Crippen LogP contribution in [0.4, 0.5) is 0 Å². The maximum atomic E-state index is 11.1. The van der Waals surface area contributed by atoms with Crippen molar-refractivity contribution in [1.29, 1.82) is 5.26 Å². The summed E-state index contributed by atoms with van der Waals surface area (Å²) in [5.74, 6) is 0.533. The Morgan fingerprint density at radius 2 is 2.31 bits per heavy atom. The Balaban J connectivity index is 2.77. The number of nitrogens with zero attached hydrogens (tertiary/aromatic N) is 1. The highest BCUT2D eigenvalue weighted by Gasteiger charge is 2.39. The highest BCUT2D eigenvalue weighted by atomic mass is 16.1. The fourth-order valence-electron chi connectivity index (χ4n) is 2.33. The first-order valence-electron chi connectivity index (χ1n) is 5.01. The molecule has 0 N–H and O–H groups in total. The van der Waals surface area contributed by atoms with E-state index in [0.29, 0.717) is 12.3 Å². The molecule has 2 atom stereocenters. The normalized spacial score (nSPS) is 33.8. The van der Waals surface area contributed by atoms with E-state index >= 15 is 0 Å². The monoisotopic (exact) mass is 179 g/mol.